The van der Waals surface area contributed by atoms with Gasteiger partial charge in [-0.15, -0.1) is 0 Å². The standard InChI is InChI=1S/C8H18N2O2/c1-6(2)7(11)5-10-4-3-8(9)12/h6-7,10-11H,3-5H2,1-2H3,(H2,9,12). The highest BCUT2D eigenvalue weighted by atomic mass is 16.3. The summed E-state index contributed by atoms with van der Waals surface area (Å²) < 4.78 is 0. The van der Waals surface area contributed by atoms with Crippen molar-refractivity contribution in [3.63, 3.8) is 0 Å². The molecule has 1 amide bonds. The van der Waals surface area contributed by atoms with Crippen molar-refractivity contribution in [1.29, 1.82) is 0 Å². The lowest BCUT2D eigenvalue weighted by molar-refractivity contribution is -0.117. The fourth-order valence-electron chi connectivity index (χ4n) is 0.697. The summed E-state index contributed by atoms with van der Waals surface area (Å²) >= 11 is 0. The summed E-state index contributed by atoms with van der Waals surface area (Å²) in [4.78, 5) is 10.3. The van der Waals surface area contributed by atoms with Gasteiger partial charge in [-0.25, -0.2) is 0 Å². The van der Waals surface area contributed by atoms with E-state index in [1.807, 2.05) is 13.8 Å². The van der Waals surface area contributed by atoms with Crippen molar-refractivity contribution < 1.29 is 9.90 Å². The Morgan fingerprint density at radius 1 is 1.58 bits per heavy atom. The van der Waals surface area contributed by atoms with E-state index in [2.05, 4.69) is 5.32 Å². The lowest BCUT2D eigenvalue weighted by atomic mass is 10.1. The van der Waals surface area contributed by atoms with E-state index in [1.54, 1.807) is 0 Å². The number of primary amides is 1. The van der Waals surface area contributed by atoms with Crippen molar-refractivity contribution in [3.8, 4) is 0 Å². The average Bonchev–Trinajstić information content (AvgIpc) is 1.97. The molecule has 72 valence electrons. The molecule has 4 nitrogen and oxygen atoms in total. The van der Waals surface area contributed by atoms with Crippen molar-refractivity contribution in [2.24, 2.45) is 11.7 Å². The van der Waals surface area contributed by atoms with Gasteiger partial charge >= 0.3 is 0 Å². The molecule has 0 aliphatic carbocycles. The van der Waals surface area contributed by atoms with Crippen LogP contribution in [0.3, 0.4) is 0 Å². The summed E-state index contributed by atoms with van der Waals surface area (Å²) in [6.45, 7) is 4.95. The number of carbonyl (C=O) groups is 1. The Hall–Kier alpha value is -0.610. The van der Waals surface area contributed by atoms with E-state index in [4.69, 9.17) is 5.73 Å². The average molecular weight is 174 g/mol. The van der Waals surface area contributed by atoms with Crippen molar-refractivity contribution in [1.82, 2.24) is 5.32 Å². The van der Waals surface area contributed by atoms with Crippen LogP contribution in [0.5, 0.6) is 0 Å². The number of aliphatic hydroxyl groups is 1. The first-order valence-electron chi connectivity index (χ1n) is 4.21. The second-order valence-electron chi connectivity index (χ2n) is 3.23. The quantitative estimate of drug-likeness (QED) is 0.474. The molecule has 4 heteroatoms. The summed E-state index contributed by atoms with van der Waals surface area (Å²) in [5.41, 5.74) is 4.93. The maximum absolute atomic E-state index is 10.3. The largest absolute Gasteiger partial charge is 0.392 e. The Balaban J connectivity index is 3.25. The van der Waals surface area contributed by atoms with E-state index >= 15 is 0 Å². The highest BCUT2D eigenvalue weighted by Crippen LogP contribution is 1.98. The van der Waals surface area contributed by atoms with Crippen LogP contribution in [-0.2, 0) is 4.79 Å². The van der Waals surface area contributed by atoms with Gasteiger partial charge in [0.05, 0.1) is 6.10 Å². The van der Waals surface area contributed by atoms with Gasteiger partial charge in [-0.05, 0) is 5.92 Å². The molecule has 0 aromatic carbocycles. The lowest BCUT2D eigenvalue weighted by Crippen LogP contribution is -2.32. The van der Waals surface area contributed by atoms with Crippen LogP contribution in [-0.4, -0.2) is 30.2 Å². The summed E-state index contributed by atoms with van der Waals surface area (Å²) in [6.07, 6.45) is -0.0250. The van der Waals surface area contributed by atoms with Gasteiger partial charge in [-0.1, -0.05) is 13.8 Å². The Morgan fingerprint density at radius 2 is 2.17 bits per heavy atom. The number of rotatable bonds is 6. The minimum atomic E-state index is -0.349. The van der Waals surface area contributed by atoms with E-state index < -0.39 is 0 Å². The van der Waals surface area contributed by atoms with Gasteiger partial charge in [0.15, 0.2) is 0 Å². The van der Waals surface area contributed by atoms with E-state index in [9.17, 15) is 9.90 Å². The normalized spacial score (nSPS) is 13.3. The molecule has 1 atom stereocenters. The first-order valence-corrected chi connectivity index (χ1v) is 4.21. The predicted molar refractivity (Wildman–Crippen MR) is 47.5 cm³/mol. The number of amides is 1. The van der Waals surface area contributed by atoms with Crippen molar-refractivity contribution in [3.05, 3.63) is 0 Å². The number of carbonyl (C=O) groups excluding carboxylic acids is 1. The van der Waals surface area contributed by atoms with Crippen molar-refractivity contribution >= 4 is 5.91 Å². The topological polar surface area (TPSA) is 75.3 Å². The van der Waals surface area contributed by atoms with E-state index in [-0.39, 0.29) is 17.9 Å². The summed E-state index contributed by atoms with van der Waals surface area (Å²) in [6, 6.07) is 0. The molecule has 0 aromatic heterocycles. The number of hydrogen-bond donors (Lipinski definition) is 3. The van der Waals surface area contributed by atoms with E-state index in [0.29, 0.717) is 19.5 Å². The second-order valence-corrected chi connectivity index (χ2v) is 3.23. The van der Waals surface area contributed by atoms with Crippen LogP contribution >= 0.6 is 0 Å². The van der Waals surface area contributed by atoms with Gasteiger partial charge in [-0.2, -0.15) is 0 Å². The molecular formula is C8H18N2O2. The molecule has 0 bridgehead atoms. The summed E-state index contributed by atoms with van der Waals surface area (Å²) in [5, 5.41) is 12.3. The molecule has 0 aliphatic heterocycles. The van der Waals surface area contributed by atoms with Crippen LogP contribution < -0.4 is 11.1 Å². The van der Waals surface area contributed by atoms with E-state index in [1.165, 1.54) is 0 Å². The van der Waals surface area contributed by atoms with Gasteiger partial charge in [-0.3, -0.25) is 4.79 Å². The van der Waals surface area contributed by atoms with Crippen LogP contribution in [0.4, 0.5) is 0 Å². The van der Waals surface area contributed by atoms with Gasteiger partial charge in [0.25, 0.3) is 0 Å². The SMILES string of the molecule is CC(C)C(O)CNCCC(N)=O. The minimum Gasteiger partial charge on any atom is -0.392 e. The fourth-order valence-corrected chi connectivity index (χ4v) is 0.697. The third-order valence-electron chi connectivity index (χ3n) is 1.67. The van der Waals surface area contributed by atoms with Gasteiger partial charge in [0, 0.05) is 19.5 Å². The molecule has 0 heterocycles. The molecule has 0 aromatic rings. The lowest BCUT2D eigenvalue weighted by Gasteiger charge is -2.14. The molecule has 12 heavy (non-hydrogen) atoms. The zero-order valence-electron chi connectivity index (χ0n) is 7.71. The summed E-state index contributed by atoms with van der Waals surface area (Å²) in [7, 11) is 0. The number of aliphatic hydroxyl groups excluding tert-OH is 1. The number of nitrogens with two attached hydrogens (primary N) is 1. The maximum atomic E-state index is 10.3. The van der Waals surface area contributed by atoms with E-state index in [0.717, 1.165) is 0 Å². The number of nitrogens with one attached hydrogen (secondary N) is 1. The first kappa shape index (κ1) is 11.4. The Labute approximate surface area is 73.1 Å². The molecule has 0 fully saturated rings. The number of hydrogen-bond acceptors (Lipinski definition) is 3. The van der Waals surface area contributed by atoms with Crippen LogP contribution in [0, 0.1) is 5.92 Å². The molecule has 0 spiro atoms. The second kappa shape index (κ2) is 5.97. The Kier molecular flexibility index (Phi) is 5.66. The third kappa shape index (κ3) is 6.12. The van der Waals surface area contributed by atoms with Gasteiger partial charge in [0.1, 0.15) is 0 Å². The van der Waals surface area contributed by atoms with Crippen LogP contribution in [0.1, 0.15) is 20.3 Å². The van der Waals surface area contributed by atoms with Crippen LogP contribution in [0.25, 0.3) is 0 Å². The zero-order chi connectivity index (χ0) is 9.56. The van der Waals surface area contributed by atoms with Crippen molar-refractivity contribution in [2.75, 3.05) is 13.1 Å². The fraction of sp³-hybridized carbons (Fsp3) is 0.875. The molecule has 0 saturated carbocycles. The Morgan fingerprint density at radius 3 is 2.58 bits per heavy atom. The van der Waals surface area contributed by atoms with Crippen molar-refractivity contribution in [2.45, 2.75) is 26.4 Å². The molecule has 1 unspecified atom stereocenters. The van der Waals surface area contributed by atoms with Crippen LogP contribution in [0.2, 0.25) is 0 Å². The monoisotopic (exact) mass is 174 g/mol. The molecule has 0 rings (SSSR count). The highest BCUT2D eigenvalue weighted by Gasteiger charge is 2.07. The zero-order valence-corrected chi connectivity index (χ0v) is 7.71. The molecular weight excluding hydrogens is 156 g/mol. The molecule has 0 saturated heterocycles. The highest BCUT2D eigenvalue weighted by molar-refractivity contribution is 5.73. The molecule has 0 radical (unpaired) electrons. The van der Waals surface area contributed by atoms with Crippen LogP contribution in [0.15, 0.2) is 0 Å². The summed E-state index contributed by atoms with van der Waals surface area (Å²) in [5.74, 6) is -0.0763. The van der Waals surface area contributed by atoms with Gasteiger partial charge in [0.2, 0.25) is 5.91 Å². The Bertz CT molecular complexity index is 137. The smallest absolute Gasteiger partial charge is 0.218 e. The molecule has 0 aliphatic rings. The minimum absolute atomic E-state index is 0.242. The molecule has 4 N–H and O–H groups in total. The third-order valence-corrected chi connectivity index (χ3v) is 1.67. The predicted octanol–water partition coefficient (Wildman–Crippen LogP) is -0.532. The maximum Gasteiger partial charge on any atom is 0.218 e. The van der Waals surface area contributed by atoms with Gasteiger partial charge < -0.3 is 16.2 Å². The first-order chi connectivity index (χ1) is 5.54.